The molecule has 0 aliphatic heterocycles. The molecule has 1 unspecified atom stereocenters. The van der Waals surface area contributed by atoms with Gasteiger partial charge in [-0.1, -0.05) is 18.5 Å². The van der Waals surface area contributed by atoms with Crippen LogP contribution in [0.1, 0.15) is 41.1 Å². The Balaban J connectivity index is 1.85. The zero-order chi connectivity index (χ0) is 22.6. The summed E-state index contributed by atoms with van der Waals surface area (Å²) in [5, 5.41) is 15.6. The monoisotopic (exact) mass is 450 g/mol. The van der Waals surface area contributed by atoms with Crippen LogP contribution < -0.4 is 10.1 Å². The summed E-state index contributed by atoms with van der Waals surface area (Å²) in [6, 6.07) is 7.56. The summed E-state index contributed by atoms with van der Waals surface area (Å²) < 4.78 is 42.8. The Morgan fingerprint density at radius 2 is 2.10 bits per heavy atom. The number of amides is 1. The molecular weight excluding hydrogens is 437 g/mol. The Bertz CT molecular complexity index is 1120. The van der Waals surface area contributed by atoms with E-state index in [2.05, 4.69) is 25.1 Å². The SMILES string of the molecule is CCC(NC(=O)c1cc(Cl)cc(OC(F)(F)F)c1)c1ncnn1-c1ccc(C#N)cn1. The van der Waals surface area contributed by atoms with Crippen LogP contribution in [-0.4, -0.2) is 32.0 Å². The molecule has 3 aromatic rings. The van der Waals surface area contributed by atoms with Gasteiger partial charge in [-0.15, -0.1) is 13.2 Å². The third-order valence-electron chi connectivity index (χ3n) is 4.06. The third-order valence-corrected chi connectivity index (χ3v) is 4.28. The van der Waals surface area contributed by atoms with Crippen LogP contribution in [0.15, 0.2) is 42.9 Å². The van der Waals surface area contributed by atoms with Crippen molar-refractivity contribution in [3.63, 3.8) is 0 Å². The second kappa shape index (κ2) is 9.01. The smallest absolute Gasteiger partial charge is 0.406 e. The first-order valence-electron chi connectivity index (χ1n) is 8.84. The van der Waals surface area contributed by atoms with Crippen LogP contribution in [0.5, 0.6) is 5.75 Å². The van der Waals surface area contributed by atoms with Crippen LogP contribution in [0.4, 0.5) is 13.2 Å². The number of benzene rings is 1. The number of alkyl halides is 3. The molecule has 0 aliphatic carbocycles. The Morgan fingerprint density at radius 3 is 2.71 bits per heavy atom. The Kier molecular flexibility index (Phi) is 6.41. The maximum Gasteiger partial charge on any atom is 0.573 e. The topological polar surface area (TPSA) is 106 Å². The number of hydrogen-bond acceptors (Lipinski definition) is 6. The summed E-state index contributed by atoms with van der Waals surface area (Å²) >= 11 is 5.84. The van der Waals surface area contributed by atoms with E-state index in [-0.39, 0.29) is 10.6 Å². The molecule has 1 N–H and O–H groups in total. The van der Waals surface area contributed by atoms with E-state index in [1.807, 2.05) is 6.07 Å². The molecule has 31 heavy (non-hydrogen) atoms. The second-order valence-corrected chi connectivity index (χ2v) is 6.64. The number of nitrogens with one attached hydrogen (secondary N) is 1. The Morgan fingerprint density at radius 1 is 1.32 bits per heavy atom. The van der Waals surface area contributed by atoms with Crippen LogP contribution in [0, 0.1) is 11.3 Å². The maximum absolute atomic E-state index is 12.7. The highest BCUT2D eigenvalue weighted by Crippen LogP contribution is 2.27. The summed E-state index contributed by atoms with van der Waals surface area (Å²) in [4.78, 5) is 21.0. The standard InChI is InChI=1S/C19H14ClF3N6O2/c1-2-15(17-26-10-27-29(17)16-4-3-11(8-24)9-25-16)28-18(30)12-5-13(20)7-14(6-12)31-19(21,22)23/h3-7,9-10,15H,2H2,1H3,(H,28,30). The molecule has 3 rings (SSSR count). The van der Waals surface area contributed by atoms with Crippen molar-refractivity contribution in [1.29, 1.82) is 5.26 Å². The number of nitriles is 1. The van der Waals surface area contributed by atoms with E-state index in [0.29, 0.717) is 23.6 Å². The number of pyridine rings is 1. The molecule has 0 saturated heterocycles. The fraction of sp³-hybridized carbons (Fsp3) is 0.211. The van der Waals surface area contributed by atoms with Crippen molar-refractivity contribution < 1.29 is 22.7 Å². The van der Waals surface area contributed by atoms with Gasteiger partial charge >= 0.3 is 6.36 Å². The van der Waals surface area contributed by atoms with Gasteiger partial charge in [-0.3, -0.25) is 4.79 Å². The van der Waals surface area contributed by atoms with Gasteiger partial charge in [0.1, 0.15) is 18.1 Å². The minimum Gasteiger partial charge on any atom is -0.406 e. The number of hydrogen-bond donors (Lipinski definition) is 1. The number of ether oxygens (including phenoxy) is 1. The van der Waals surface area contributed by atoms with Gasteiger partial charge in [-0.25, -0.2) is 9.97 Å². The minimum atomic E-state index is -4.92. The van der Waals surface area contributed by atoms with Crippen molar-refractivity contribution in [3.8, 4) is 17.6 Å². The van der Waals surface area contributed by atoms with E-state index < -0.39 is 24.1 Å². The summed E-state index contributed by atoms with van der Waals surface area (Å²) in [6.45, 7) is 1.78. The lowest BCUT2D eigenvalue weighted by molar-refractivity contribution is -0.274. The largest absolute Gasteiger partial charge is 0.573 e. The van der Waals surface area contributed by atoms with Gasteiger partial charge < -0.3 is 10.1 Å². The number of rotatable bonds is 6. The first-order valence-corrected chi connectivity index (χ1v) is 9.21. The van der Waals surface area contributed by atoms with E-state index in [1.165, 1.54) is 23.3 Å². The van der Waals surface area contributed by atoms with Crippen molar-refractivity contribution in [3.05, 3.63) is 64.8 Å². The summed E-state index contributed by atoms with van der Waals surface area (Å²) in [7, 11) is 0. The second-order valence-electron chi connectivity index (χ2n) is 6.20. The van der Waals surface area contributed by atoms with Gasteiger partial charge in [0.05, 0.1) is 11.6 Å². The van der Waals surface area contributed by atoms with Gasteiger partial charge in [-0.2, -0.15) is 15.0 Å². The van der Waals surface area contributed by atoms with Crippen LogP contribution in [0.2, 0.25) is 5.02 Å². The Hall–Kier alpha value is -3.65. The van der Waals surface area contributed by atoms with Crippen molar-refractivity contribution in [1.82, 2.24) is 25.1 Å². The number of aromatic nitrogens is 4. The molecule has 2 aromatic heterocycles. The van der Waals surface area contributed by atoms with Crippen molar-refractivity contribution >= 4 is 17.5 Å². The molecule has 1 aromatic carbocycles. The normalized spacial score (nSPS) is 12.1. The molecule has 0 aliphatic rings. The quantitative estimate of drug-likeness (QED) is 0.609. The molecule has 0 saturated carbocycles. The zero-order valence-corrected chi connectivity index (χ0v) is 16.6. The fourth-order valence-electron chi connectivity index (χ4n) is 2.72. The molecule has 0 bridgehead atoms. The van der Waals surface area contributed by atoms with Crippen LogP contribution >= 0.6 is 11.6 Å². The first-order chi connectivity index (χ1) is 14.7. The Labute approximate surface area is 179 Å². The van der Waals surface area contributed by atoms with Gasteiger partial charge in [0.25, 0.3) is 5.91 Å². The molecule has 1 amide bonds. The van der Waals surface area contributed by atoms with Gasteiger partial charge in [0, 0.05) is 16.8 Å². The first kappa shape index (κ1) is 22.0. The van der Waals surface area contributed by atoms with E-state index in [4.69, 9.17) is 16.9 Å². The molecular formula is C19H14ClF3N6O2. The average molecular weight is 451 g/mol. The van der Waals surface area contributed by atoms with E-state index in [0.717, 1.165) is 12.1 Å². The van der Waals surface area contributed by atoms with Crippen molar-refractivity contribution in [2.45, 2.75) is 25.7 Å². The molecule has 0 radical (unpaired) electrons. The van der Waals surface area contributed by atoms with E-state index in [9.17, 15) is 18.0 Å². The lowest BCUT2D eigenvalue weighted by Crippen LogP contribution is -2.30. The number of carbonyl (C=O) groups excluding carboxylic acids is 1. The lowest BCUT2D eigenvalue weighted by atomic mass is 10.1. The van der Waals surface area contributed by atoms with E-state index >= 15 is 0 Å². The summed E-state index contributed by atoms with van der Waals surface area (Å²) in [6.07, 6.45) is -1.88. The predicted molar refractivity (Wildman–Crippen MR) is 103 cm³/mol. The summed E-state index contributed by atoms with van der Waals surface area (Å²) in [5.41, 5.74) is 0.247. The van der Waals surface area contributed by atoms with Crippen molar-refractivity contribution in [2.24, 2.45) is 0 Å². The van der Waals surface area contributed by atoms with Crippen LogP contribution in [0.3, 0.4) is 0 Å². The van der Waals surface area contributed by atoms with Crippen molar-refractivity contribution in [2.75, 3.05) is 0 Å². The highest BCUT2D eigenvalue weighted by molar-refractivity contribution is 6.31. The number of carbonyl (C=O) groups is 1. The molecule has 8 nitrogen and oxygen atoms in total. The van der Waals surface area contributed by atoms with Gasteiger partial charge in [0.15, 0.2) is 11.6 Å². The summed E-state index contributed by atoms with van der Waals surface area (Å²) in [5.74, 6) is -0.559. The maximum atomic E-state index is 12.7. The molecule has 12 heteroatoms. The van der Waals surface area contributed by atoms with Gasteiger partial charge in [0.2, 0.25) is 0 Å². The molecule has 160 valence electrons. The molecule has 1 atom stereocenters. The highest BCUT2D eigenvalue weighted by atomic mass is 35.5. The minimum absolute atomic E-state index is 0.0927. The molecule has 2 heterocycles. The van der Waals surface area contributed by atoms with Gasteiger partial charge in [-0.05, 0) is 36.8 Å². The predicted octanol–water partition coefficient (Wildman–Crippen LogP) is 3.97. The third kappa shape index (κ3) is 5.49. The molecule has 0 spiro atoms. The lowest BCUT2D eigenvalue weighted by Gasteiger charge is -2.18. The zero-order valence-electron chi connectivity index (χ0n) is 15.9. The number of nitrogens with zero attached hydrogens (tertiary/aromatic N) is 5. The highest BCUT2D eigenvalue weighted by Gasteiger charge is 2.31. The van der Waals surface area contributed by atoms with E-state index in [1.54, 1.807) is 19.1 Å². The van der Waals surface area contributed by atoms with Crippen LogP contribution in [-0.2, 0) is 0 Å². The van der Waals surface area contributed by atoms with Crippen LogP contribution in [0.25, 0.3) is 5.82 Å². The number of halogens is 4. The molecule has 0 fully saturated rings. The average Bonchev–Trinajstić information content (AvgIpc) is 3.19. The fourth-order valence-corrected chi connectivity index (χ4v) is 2.94.